The van der Waals surface area contributed by atoms with Crippen LogP contribution in [-0.4, -0.2) is 26.3 Å². The van der Waals surface area contributed by atoms with Gasteiger partial charge in [-0.3, -0.25) is 4.79 Å². The van der Waals surface area contributed by atoms with Gasteiger partial charge in [-0.25, -0.2) is 4.98 Å². The van der Waals surface area contributed by atoms with E-state index in [0.29, 0.717) is 11.5 Å². The summed E-state index contributed by atoms with van der Waals surface area (Å²) in [5.41, 5.74) is 7.30. The van der Waals surface area contributed by atoms with E-state index in [2.05, 4.69) is 20.4 Å². The molecule has 0 bridgehead atoms. The third-order valence-electron chi connectivity index (χ3n) is 2.63. The Morgan fingerprint density at radius 1 is 1.26 bits per heavy atom. The fourth-order valence-corrected chi connectivity index (χ4v) is 1.78. The molecule has 0 fully saturated rings. The number of nitrogens with two attached hydrogens (primary N) is 1. The highest BCUT2D eigenvalue weighted by molar-refractivity contribution is 5.96. The van der Waals surface area contributed by atoms with Crippen molar-refractivity contribution in [3.05, 3.63) is 42.5 Å². The maximum atomic E-state index is 11.2. The predicted octanol–water partition coefficient (Wildman–Crippen LogP) is 1.23. The van der Waals surface area contributed by atoms with Gasteiger partial charge in [0.15, 0.2) is 17.8 Å². The van der Waals surface area contributed by atoms with Crippen LogP contribution >= 0.6 is 0 Å². The van der Waals surface area contributed by atoms with E-state index in [9.17, 15) is 4.79 Å². The van der Waals surface area contributed by atoms with Crippen LogP contribution in [-0.2, 0) is 0 Å². The van der Waals surface area contributed by atoms with E-state index in [1.165, 1.54) is 6.39 Å². The highest BCUT2D eigenvalue weighted by Crippen LogP contribution is 2.26. The molecule has 1 aromatic carbocycles. The summed E-state index contributed by atoms with van der Waals surface area (Å²) in [4.78, 5) is 15.1. The summed E-state index contributed by atoms with van der Waals surface area (Å²) >= 11 is 0. The largest absolute Gasteiger partial charge is 0.444 e. The average Bonchev–Trinajstić information content (AvgIpc) is 3.10. The van der Waals surface area contributed by atoms with Crippen LogP contribution in [0.1, 0.15) is 10.5 Å². The number of hydrogen-bond donors (Lipinski definition) is 2. The number of aromatic nitrogens is 4. The van der Waals surface area contributed by atoms with Crippen LogP contribution < -0.4 is 5.73 Å². The van der Waals surface area contributed by atoms with Crippen LogP contribution in [0.15, 0.2) is 41.3 Å². The fraction of sp³-hybridized carbons (Fsp3) is 0. The first-order valence-corrected chi connectivity index (χ1v) is 5.45. The van der Waals surface area contributed by atoms with E-state index < -0.39 is 5.91 Å². The molecule has 0 saturated heterocycles. The van der Waals surface area contributed by atoms with Crippen molar-refractivity contribution in [2.45, 2.75) is 0 Å². The Hall–Kier alpha value is -2.96. The number of hydrogen-bond acceptors (Lipinski definition) is 5. The van der Waals surface area contributed by atoms with E-state index in [1.807, 2.05) is 24.3 Å². The number of nitrogens with zero attached hydrogens (tertiary/aromatic N) is 3. The smallest absolute Gasteiger partial charge is 0.271 e. The Labute approximate surface area is 107 Å². The first-order chi connectivity index (χ1) is 9.25. The molecule has 1 amide bonds. The van der Waals surface area contributed by atoms with Crippen LogP contribution in [0.5, 0.6) is 0 Å². The molecule has 3 aromatic rings. The quantitative estimate of drug-likeness (QED) is 0.731. The van der Waals surface area contributed by atoms with Gasteiger partial charge in [0.25, 0.3) is 5.91 Å². The molecule has 7 heteroatoms. The Morgan fingerprint density at radius 3 is 2.84 bits per heavy atom. The lowest BCUT2D eigenvalue weighted by Crippen LogP contribution is -2.12. The first kappa shape index (κ1) is 11.1. The number of carbonyl (C=O) groups excluding carboxylic acids is 1. The van der Waals surface area contributed by atoms with Crippen LogP contribution in [0.2, 0.25) is 0 Å². The topological polar surface area (TPSA) is 111 Å². The molecule has 0 spiro atoms. The van der Waals surface area contributed by atoms with Crippen LogP contribution in [0.4, 0.5) is 0 Å². The summed E-state index contributed by atoms with van der Waals surface area (Å²) in [6, 6.07) is 7.33. The Kier molecular flexibility index (Phi) is 2.57. The second-order valence-electron chi connectivity index (χ2n) is 3.83. The van der Waals surface area contributed by atoms with Crippen LogP contribution in [0, 0.1) is 0 Å². The lowest BCUT2D eigenvalue weighted by Gasteiger charge is -2.01. The van der Waals surface area contributed by atoms with Gasteiger partial charge >= 0.3 is 0 Å². The molecule has 0 aliphatic heterocycles. The molecule has 0 aliphatic carbocycles. The SMILES string of the molecule is NC(=O)c1n[nH]nc1-c1cccc(-c2cnco2)c1. The van der Waals surface area contributed by atoms with Crippen molar-refractivity contribution in [3.8, 4) is 22.6 Å². The van der Waals surface area contributed by atoms with E-state index >= 15 is 0 Å². The first-order valence-electron chi connectivity index (χ1n) is 5.45. The third-order valence-corrected chi connectivity index (χ3v) is 2.63. The number of aromatic amines is 1. The molecule has 3 N–H and O–H groups in total. The average molecular weight is 255 g/mol. The van der Waals surface area contributed by atoms with Crippen molar-refractivity contribution in [2.75, 3.05) is 0 Å². The fourth-order valence-electron chi connectivity index (χ4n) is 1.78. The third kappa shape index (κ3) is 1.97. The van der Waals surface area contributed by atoms with Crippen LogP contribution in [0.3, 0.4) is 0 Å². The van der Waals surface area contributed by atoms with Crippen molar-refractivity contribution >= 4 is 5.91 Å². The highest BCUT2D eigenvalue weighted by Gasteiger charge is 2.15. The zero-order valence-electron chi connectivity index (χ0n) is 9.70. The number of H-pyrrole nitrogens is 1. The number of carbonyl (C=O) groups is 1. The van der Waals surface area contributed by atoms with Crippen molar-refractivity contribution < 1.29 is 9.21 Å². The second kappa shape index (κ2) is 4.37. The van der Waals surface area contributed by atoms with Crippen LogP contribution in [0.25, 0.3) is 22.6 Å². The van der Waals surface area contributed by atoms with Gasteiger partial charge in [-0.05, 0) is 6.07 Å². The van der Waals surface area contributed by atoms with Crippen molar-refractivity contribution in [1.82, 2.24) is 20.4 Å². The lowest BCUT2D eigenvalue weighted by atomic mass is 10.1. The number of nitrogens with one attached hydrogen (secondary N) is 1. The molecule has 2 aromatic heterocycles. The normalized spacial score (nSPS) is 10.5. The monoisotopic (exact) mass is 255 g/mol. The van der Waals surface area contributed by atoms with Crippen molar-refractivity contribution in [3.63, 3.8) is 0 Å². The van der Waals surface area contributed by atoms with Crippen molar-refractivity contribution in [1.29, 1.82) is 0 Å². The Balaban J connectivity index is 2.09. The molecule has 0 saturated carbocycles. The summed E-state index contributed by atoms with van der Waals surface area (Å²) < 4.78 is 5.22. The Bertz CT molecular complexity index is 717. The molecule has 0 unspecified atom stereocenters. The molecular weight excluding hydrogens is 246 g/mol. The molecule has 3 rings (SSSR count). The van der Waals surface area contributed by atoms with Gasteiger partial charge in [-0.1, -0.05) is 18.2 Å². The molecule has 0 radical (unpaired) electrons. The number of primary amides is 1. The minimum Gasteiger partial charge on any atom is -0.444 e. The Morgan fingerprint density at radius 2 is 2.11 bits per heavy atom. The summed E-state index contributed by atoms with van der Waals surface area (Å²) in [5, 5.41) is 10.1. The standard InChI is InChI=1S/C12H9N5O2/c13-12(18)11-10(15-17-16-11)8-3-1-2-7(4-8)9-5-14-6-19-9/h1-6H,(H2,13,18)(H,15,16,17). The highest BCUT2D eigenvalue weighted by atomic mass is 16.3. The summed E-state index contributed by atoms with van der Waals surface area (Å²) in [6.45, 7) is 0. The van der Waals surface area contributed by atoms with Gasteiger partial charge in [-0.15, -0.1) is 0 Å². The number of rotatable bonds is 3. The van der Waals surface area contributed by atoms with Crippen molar-refractivity contribution in [2.24, 2.45) is 5.73 Å². The number of amides is 1. The van der Waals surface area contributed by atoms with E-state index in [4.69, 9.17) is 10.2 Å². The molecular formula is C12H9N5O2. The van der Waals surface area contributed by atoms with Gasteiger partial charge in [0.1, 0.15) is 5.69 Å². The molecule has 0 aliphatic rings. The van der Waals surface area contributed by atoms with E-state index in [1.54, 1.807) is 6.20 Å². The van der Waals surface area contributed by atoms with Gasteiger partial charge in [0.05, 0.1) is 6.20 Å². The maximum absolute atomic E-state index is 11.2. The summed E-state index contributed by atoms with van der Waals surface area (Å²) in [5.74, 6) is -0.000196. The molecule has 0 atom stereocenters. The minimum atomic E-state index is -0.631. The van der Waals surface area contributed by atoms with Gasteiger partial charge in [0.2, 0.25) is 0 Å². The van der Waals surface area contributed by atoms with Gasteiger partial charge in [0, 0.05) is 11.1 Å². The molecule has 2 heterocycles. The molecule has 94 valence electrons. The second-order valence-corrected chi connectivity index (χ2v) is 3.83. The summed E-state index contributed by atoms with van der Waals surface area (Å²) in [7, 11) is 0. The zero-order valence-corrected chi connectivity index (χ0v) is 9.70. The van der Waals surface area contributed by atoms with E-state index in [-0.39, 0.29) is 5.69 Å². The molecule has 19 heavy (non-hydrogen) atoms. The number of benzene rings is 1. The molecule has 7 nitrogen and oxygen atoms in total. The maximum Gasteiger partial charge on any atom is 0.271 e. The minimum absolute atomic E-state index is 0.106. The lowest BCUT2D eigenvalue weighted by molar-refractivity contribution is 0.0996. The van der Waals surface area contributed by atoms with Gasteiger partial charge < -0.3 is 10.2 Å². The number of oxazole rings is 1. The summed E-state index contributed by atoms with van der Waals surface area (Å²) in [6.07, 6.45) is 2.96. The predicted molar refractivity (Wildman–Crippen MR) is 65.8 cm³/mol. The van der Waals surface area contributed by atoms with Gasteiger partial charge in [-0.2, -0.15) is 15.4 Å². The van der Waals surface area contributed by atoms with E-state index in [0.717, 1.165) is 11.1 Å². The zero-order chi connectivity index (χ0) is 13.2.